The Bertz CT molecular complexity index is 646. The lowest BCUT2D eigenvalue weighted by Gasteiger charge is -2.31. The number of rotatable bonds is 3. The highest BCUT2D eigenvalue weighted by Crippen LogP contribution is 2.42. The second-order valence-electron chi connectivity index (χ2n) is 5.77. The highest BCUT2D eigenvalue weighted by atomic mass is 79.9. The molecule has 3 heteroatoms. The average molecular weight is 359 g/mol. The normalized spacial score (nSPS) is 21.6. The number of halogens is 1. The van der Waals surface area contributed by atoms with E-state index in [-0.39, 0.29) is 11.8 Å². The van der Waals surface area contributed by atoms with E-state index in [4.69, 9.17) is 4.74 Å². The van der Waals surface area contributed by atoms with Crippen molar-refractivity contribution >= 4 is 21.7 Å². The molecule has 0 bridgehead atoms. The fourth-order valence-corrected chi connectivity index (χ4v) is 3.61. The van der Waals surface area contributed by atoms with Crippen LogP contribution in [0.2, 0.25) is 0 Å². The van der Waals surface area contributed by atoms with Gasteiger partial charge in [-0.1, -0.05) is 40.2 Å². The maximum Gasteiger partial charge on any atom is 0.140 e. The fraction of sp³-hybridized carbons (Fsp3) is 0.316. The molecule has 0 aliphatic heterocycles. The second kappa shape index (κ2) is 6.66. The molecule has 0 aromatic heterocycles. The Morgan fingerprint density at radius 1 is 1.00 bits per heavy atom. The standard InChI is InChI=1S/C19H19BrO2/c1-22-16-11-7-13(8-12-16)17-3-2-4-18(21)19(17)14-5-9-15(20)10-6-14/h5-12,17,19H,2-4H2,1H3. The first kappa shape index (κ1) is 15.3. The van der Waals surface area contributed by atoms with Crippen molar-refractivity contribution in [2.24, 2.45) is 0 Å². The van der Waals surface area contributed by atoms with Gasteiger partial charge in [-0.15, -0.1) is 0 Å². The Morgan fingerprint density at radius 2 is 1.64 bits per heavy atom. The van der Waals surface area contributed by atoms with Crippen LogP contribution in [0.25, 0.3) is 0 Å². The summed E-state index contributed by atoms with van der Waals surface area (Å²) in [4.78, 5) is 12.6. The van der Waals surface area contributed by atoms with Crippen molar-refractivity contribution in [1.29, 1.82) is 0 Å². The minimum absolute atomic E-state index is 0.0322. The molecule has 2 aromatic rings. The average Bonchev–Trinajstić information content (AvgIpc) is 2.56. The molecule has 1 aliphatic carbocycles. The van der Waals surface area contributed by atoms with E-state index >= 15 is 0 Å². The highest BCUT2D eigenvalue weighted by Gasteiger charge is 2.33. The minimum atomic E-state index is -0.0322. The monoisotopic (exact) mass is 358 g/mol. The third-order valence-corrected chi connectivity index (χ3v) is 4.99. The number of ether oxygens (including phenoxy) is 1. The van der Waals surface area contributed by atoms with Crippen LogP contribution in [0.3, 0.4) is 0 Å². The molecule has 0 saturated heterocycles. The topological polar surface area (TPSA) is 26.3 Å². The molecule has 2 unspecified atom stereocenters. The van der Waals surface area contributed by atoms with E-state index in [2.05, 4.69) is 40.2 Å². The minimum Gasteiger partial charge on any atom is -0.497 e. The Labute approximate surface area is 139 Å². The summed E-state index contributed by atoms with van der Waals surface area (Å²) in [5.41, 5.74) is 2.34. The summed E-state index contributed by atoms with van der Waals surface area (Å²) in [5, 5.41) is 0. The van der Waals surface area contributed by atoms with E-state index in [0.29, 0.717) is 12.2 Å². The smallest absolute Gasteiger partial charge is 0.140 e. The summed E-state index contributed by atoms with van der Waals surface area (Å²) in [7, 11) is 1.67. The van der Waals surface area contributed by atoms with Crippen molar-refractivity contribution in [3.8, 4) is 5.75 Å². The van der Waals surface area contributed by atoms with E-state index in [9.17, 15) is 4.79 Å². The number of benzene rings is 2. The maximum atomic E-state index is 12.6. The van der Waals surface area contributed by atoms with Gasteiger partial charge >= 0.3 is 0 Å². The number of hydrogen-bond acceptors (Lipinski definition) is 2. The molecule has 1 aliphatic rings. The van der Waals surface area contributed by atoms with E-state index in [1.807, 2.05) is 24.3 Å². The van der Waals surface area contributed by atoms with Gasteiger partial charge < -0.3 is 4.74 Å². The van der Waals surface area contributed by atoms with Crippen LogP contribution >= 0.6 is 15.9 Å². The van der Waals surface area contributed by atoms with Gasteiger partial charge in [-0.3, -0.25) is 4.79 Å². The molecular formula is C19H19BrO2. The molecule has 2 aromatic carbocycles. The summed E-state index contributed by atoms with van der Waals surface area (Å²) < 4.78 is 6.27. The van der Waals surface area contributed by atoms with E-state index in [1.165, 1.54) is 5.56 Å². The van der Waals surface area contributed by atoms with E-state index in [0.717, 1.165) is 28.6 Å². The van der Waals surface area contributed by atoms with Crippen LogP contribution in [0.5, 0.6) is 5.75 Å². The Morgan fingerprint density at radius 3 is 2.27 bits per heavy atom. The van der Waals surface area contributed by atoms with Gasteiger partial charge in [0.1, 0.15) is 11.5 Å². The van der Waals surface area contributed by atoms with Crippen LogP contribution in [-0.4, -0.2) is 12.9 Å². The third kappa shape index (κ3) is 3.09. The summed E-state index contributed by atoms with van der Waals surface area (Å²) in [6.07, 6.45) is 2.72. The Kier molecular flexibility index (Phi) is 4.63. The number of carbonyl (C=O) groups excluding carboxylic acids is 1. The van der Waals surface area contributed by atoms with Gasteiger partial charge in [0.2, 0.25) is 0 Å². The quantitative estimate of drug-likeness (QED) is 0.764. The lowest BCUT2D eigenvalue weighted by atomic mass is 9.71. The van der Waals surface area contributed by atoms with Crippen molar-refractivity contribution in [3.63, 3.8) is 0 Å². The summed E-state index contributed by atoms with van der Waals surface area (Å²) in [6, 6.07) is 16.3. The molecule has 2 nitrogen and oxygen atoms in total. The predicted octanol–water partition coefficient (Wildman–Crippen LogP) is 5.08. The first-order valence-electron chi connectivity index (χ1n) is 7.61. The van der Waals surface area contributed by atoms with Crippen LogP contribution in [0, 0.1) is 0 Å². The van der Waals surface area contributed by atoms with Crippen LogP contribution in [0.15, 0.2) is 53.0 Å². The van der Waals surface area contributed by atoms with Gasteiger partial charge in [0.15, 0.2) is 0 Å². The van der Waals surface area contributed by atoms with Crippen molar-refractivity contribution in [3.05, 3.63) is 64.1 Å². The van der Waals surface area contributed by atoms with Crippen LogP contribution in [-0.2, 0) is 4.79 Å². The van der Waals surface area contributed by atoms with Crippen molar-refractivity contribution in [2.75, 3.05) is 7.11 Å². The van der Waals surface area contributed by atoms with Gasteiger partial charge in [-0.25, -0.2) is 0 Å². The predicted molar refractivity (Wildman–Crippen MR) is 91.5 cm³/mol. The van der Waals surface area contributed by atoms with Crippen molar-refractivity contribution < 1.29 is 9.53 Å². The molecule has 0 spiro atoms. The van der Waals surface area contributed by atoms with Gasteiger partial charge in [-0.2, -0.15) is 0 Å². The molecule has 0 radical (unpaired) electrons. The van der Waals surface area contributed by atoms with Crippen molar-refractivity contribution in [1.82, 2.24) is 0 Å². The zero-order valence-electron chi connectivity index (χ0n) is 12.6. The first-order valence-corrected chi connectivity index (χ1v) is 8.40. The molecule has 3 rings (SSSR count). The van der Waals surface area contributed by atoms with Gasteiger partial charge in [0, 0.05) is 16.8 Å². The second-order valence-corrected chi connectivity index (χ2v) is 6.68. The van der Waals surface area contributed by atoms with Crippen LogP contribution < -0.4 is 4.74 Å². The zero-order valence-corrected chi connectivity index (χ0v) is 14.2. The van der Waals surface area contributed by atoms with Crippen molar-refractivity contribution in [2.45, 2.75) is 31.1 Å². The molecule has 0 heterocycles. The van der Waals surface area contributed by atoms with E-state index in [1.54, 1.807) is 7.11 Å². The molecule has 0 amide bonds. The Balaban J connectivity index is 1.95. The molecule has 1 saturated carbocycles. The van der Waals surface area contributed by atoms with Crippen LogP contribution in [0.4, 0.5) is 0 Å². The fourth-order valence-electron chi connectivity index (χ4n) is 3.34. The third-order valence-electron chi connectivity index (χ3n) is 4.46. The SMILES string of the molecule is COc1ccc(C2CCCC(=O)C2c2ccc(Br)cc2)cc1. The molecule has 2 atom stereocenters. The number of ketones is 1. The van der Waals surface area contributed by atoms with E-state index < -0.39 is 0 Å². The molecule has 1 fully saturated rings. The molecule has 22 heavy (non-hydrogen) atoms. The highest BCUT2D eigenvalue weighted by molar-refractivity contribution is 9.10. The van der Waals surface area contributed by atoms with Gasteiger partial charge in [0.05, 0.1) is 7.11 Å². The number of methoxy groups -OCH3 is 1. The lowest BCUT2D eigenvalue weighted by Crippen LogP contribution is -2.25. The summed E-state index contributed by atoms with van der Waals surface area (Å²) in [6.45, 7) is 0. The lowest BCUT2D eigenvalue weighted by molar-refractivity contribution is -0.122. The largest absolute Gasteiger partial charge is 0.497 e. The number of carbonyl (C=O) groups is 1. The first-order chi connectivity index (χ1) is 10.7. The molecular weight excluding hydrogens is 340 g/mol. The van der Waals surface area contributed by atoms with Gasteiger partial charge in [-0.05, 0) is 54.2 Å². The Hall–Kier alpha value is -1.61. The van der Waals surface area contributed by atoms with Gasteiger partial charge in [0.25, 0.3) is 0 Å². The molecule has 114 valence electrons. The molecule has 0 N–H and O–H groups in total. The summed E-state index contributed by atoms with van der Waals surface area (Å²) >= 11 is 3.46. The zero-order chi connectivity index (χ0) is 15.5. The maximum absolute atomic E-state index is 12.6. The van der Waals surface area contributed by atoms with Crippen LogP contribution in [0.1, 0.15) is 42.2 Å². The number of hydrogen-bond donors (Lipinski definition) is 0. The number of Topliss-reactive ketones (excluding diaryl/α,β-unsaturated/α-hetero) is 1. The summed E-state index contributed by atoms with van der Waals surface area (Å²) in [5.74, 6) is 1.43.